The molecule has 5 rings (SSSR count). The van der Waals surface area contributed by atoms with Gasteiger partial charge in [-0.05, 0) is 101 Å². The number of amides is 2. The maximum Gasteiger partial charge on any atom is 0.227 e. The molecule has 0 aromatic carbocycles. The molecule has 2 aliphatic rings. The number of nitrogens with zero attached hydrogens (tertiary/aromatic N) is 2. The summed E-state index contributed by atoms with van der Waals surface area (Å²) in [5, 5.41) is 6.95. The summed E-state index contributed by atoms with van der Waals surface area (Å²) in [7, 11) is 0. The molecule has 3 heterocycles. The molecule has 3 aromatic rings. The number of hydrogen-bond donors (Lipinski definition) is 5. The Morgan fingerprint density at radius 2 is 1.33 bits per heavy atom. The van der Waals surface area contributed by atoms with Crippen LogP contribution < -0.4 is 22.1 Å². The summed E-state index contributed by atoms with van der Waals surface area (Å²) in [4.78, 5) is 35.7. The van der Waals surface area contributed by atoms with Gasteiger partial charge in [-0.2, -0.15) is 0 Å². The standard InChI is InChI=1S/C16H22N4O.C14H21N3O/c1-10(17)11-2-4-12(5-3-11)16(21)20-14-7-9-19-15-13(14)6-8-18-15;1-10(15)11-2-4-12(5-3-11)14(18)17-13-6-8-16-9-7-13/h6-12H,2-5,17H2,1H3,(H2,18,19,20,21);6-12H,2-5,15H2,1H3,(H,16,17,18). The third-order valence-electron chi connectivity index (χ3n) is 8.44. The molecule has 39 heavy (non-hydrogen) atoms. The predicted molar refractivity (Wildman–Crippen MR) is 156 cm³/mol. The molecule has 0 bridgehead atoms. The van der Waals surface area contributed by atoms with Gasteiger partial charge in [0.1, 0.15) is 5.65 Å². The van der Waals surface area contributed by atoms with Crippen LogP contribution in [0.3, 0.4) is 0 Å². The zero-order chi connectivity index (χ0) is 27.8. The summed E-state index contributed by atoms with van der Waals surface area (Å²) in [6.07, 6.45) is 14.9. The zero-order valence-corrected chi connectivity index (χ0v) is 23.1. The Morgan fingerprint density at radius 1 is 0.795 bits per heavy atom. The molecule has 0 aliphatic heterocycles. The highest BCUT2D eigenvalue weighted by molar-refractivity contribution is 6.01. The number of fused-ring (bicyclic) bond motifs is 1. The van der Waals surface area contributed by atoms with Crippen LogP contribution in [0.25, 0.3) is 11.0 Å². The van der Waals surface area contributed by atoms with Crippen LogP contribution in [0.15, 0.2) is 49.1 Å². The van der Waals surface area contributed by atoms with Gasteiger partial charge in [0, 0.05) is 59.8 Å². The lowest BCUT2D eigenvalue weighted by Gasteiger charge is -2.30. The van der Waals surface area contributed by atoms with Crippen molar-refractivity contribution in [3.05, 3.63) is 49.1 Å². The fourth-order valence-corrected chi connectivity index (χ4v) is 5.80. The first-order valence-electron chi connectivity index (χ1n) is 14.3. The summed E-state index contributed by atoms with van der Waals surface area (Å²) < 4.78 is 0. The van der Waals surface area contributed by atoms with Crippen LogP contribution in [0.5, 0.6) is 0 Å². The topological polar surface area (TPSA) is 152 Å². The summed E-state index contributed by atoms with van der Waals surface area (Å²) in [5.74, 6) is 1.62. The number of H-pyrrole nitrogens is 1. The van der Waals surface area contributed by atoms with Gasteiger partial charge in [-0.15, -0.1) is 0 Å². The van der Waals surface area contributed by atoms with E-state index in [0.29, 0.717) is 11.8 Å². The average Bonchev–Trinajstić information content (AvgIpc) is 3.44. The van der Waals surface area contributed by atoms with Crippen LogP contribution in [0.2, 0.25) is 0 Å². The molecule has 0 saturated heterocycles. The van der Waals surface area contributed by atoms with Gasteiger partial charge in [0.25, 0.3) is 0 Å². The van der Waals surface area contributed by atoms with E-state index in [-0.39, 0.29) is 35.7 Å². The van der Waals surface area contributed by atoms with E-state index < -0.39 is 0 Å². The molecule has 3 aromatic heterocycles. The van der Waals surface area contributed by atoms with Crippen molar-refractivity contribution >= 4 is 34.2 Å². The number of nitrogens with two attached hydrogens (primary N) is 2. The first-order chi connectivity index (χ1) is 18.8. The van der Waals surface area contributed by atoms with Gasteiger partial charge in [-0.3, -0.25) is 14.6 Å². The van der Waals surface area contributed by atoms with Gasteiger partial charge in [0.15, 0.2) is 0 Å². The minimum absolute atomic E-state index is 0.0992. The Kier molecular flexibility index (Phi) is 10.1. The second-order valence-electron chi connectivity index (χ2n) is 11.3. The average molecular weight is 534 g/mol. The maximum atomic E-state index is 12.4. The number of carbonyl (C=O) groups is 2. The lowest BCUT2D eigenvalue weighted by Crippen LogP contribution is -2.33. The van der Waals surface area contributed by atoms with Crippen molar-refractivity contribution in [3.8, 4) is 0 Å². The lowest BCUT2D eigenvalue weighted by atomic mass is 9.79. The fourth-order valence-electron chi connectivity index (χ4n) is 5.80. The van der Waals surface area contributed by atoms with Crippen LogP contribution in [0.1, 0.15) is 65.2 Å². The molecule has 2 aliphatic carbocycles. The molecule has 2 saturated carbocycles. The van der Waals surface area contributed by atoms with E-state index in [2.05, 4.69) is 39.4 Å². The summed E-state index contributed by atoms with van der Waals surface area (Å²) in [6, 6.07) is 7.88. The summed E-state index contributed by atoms with van der Waals surface area (Å²) >= 11 is 0. The highest BCUT2D eigenvalue weighted by Gasteiger charge is 2.29. The van der Waals surface area contributed by atoms with E-state index >= 15 is 0 Å². The van der Waals surface area contributed by atoms with Gasteiger partial charge in [0.05, 0.1) is 5.69 Å². The van der Waals surface area contributed by atoms with Gasteiger partial charge in [0.2, 0.25) is 11.8 Å². The van der Waals surface area contributed by atoms with E-state index in [4.69, 9.17) is 11.5 Å². The third kappa shape index (κ3) is 7.86. The first kappa shape index (κ1) is 28.7. The number of aromatic amines is 1. The molecule has 0 spiro atoms. The minimum atomic E-state index is 0.0992. The molecule has 2 atom stereocenters. The maximum absolute atomic E-state index is 12.4. The highest BCUT2D eigenvalue weighted by Crippen LogP contribution is 2.32. The highest BCUT2D eigenvalue weighted by atomic mass is 16.2. The quantitative estimate of drug-likeness (QED) is 0.306. The number of rotatable bonds is 6. The lowest BCUT2D eigenvalue weighted by molar-refractivity contribution is -0.121. The van der Waals surface area contributed by atoms with Gasteiger partial charge >= 0.3 is 0 Å². The van der Waals surface area contributed by atoms with Gasteiger partial charge < -0.3 is 27.1 Å². The molecule has 9 heteroatoms. The molecular formula is C30H43N7O2. The summed E-state index contributed by atoms with van der Waals surface area (Å²) in [6.45, 7) is 4.12. The Labute approximate surface area is 230 Å². The van der Waals surface area contributed by atoms with E-state index in [0.717, 1.165) is 73.8 Å². The van der Waals surface area contributed by atoms with Crippen molar-refractivity contribution in [2.45, 2.75) is 77.3 Å². The zero-order valence-electron chi connectivity index (χ0n) is 23.1. The molecule has 2 fully saturated rings. The van der Waals surface area contributed by atoms with Crippen LogP contribution >= 0.6 is 0 Å². The van der Waals surface area contributed by atoms with Crippen LogP contribution in [0, 0.1) is 23.7 Å². The second-order valence-corrected chi connectivity index (χ2v) is 11.3. The number of aromatic nitrogens is 3. The predicted octanol–water partition coefficient (Wildman–Crippen LogP) is 4.83. The Morgan fingerprint density at radius 3 is 1.87 bits per heavy atom. The number of carbonyl (C=O) groups excluding carboxylic acids is 2. The molecule has 210 valence electrons. The monoisotopic (exact) mass is 533 g/mol. The molecule has 2 amide bonds. The van der Waals surface area contributed by atoms with Crippen molar-refractivity contribution in [2.75, 3.05) is 10.6 Å². The van der Waals surface area contributed by atoms with E-state index in [1.54, 1.807) is 18.6 Å². The Balaban J connectivity index is 0.000000183. The van der Waals surface area contributed by atoms with Crippen molar-refractivity contribution in [1.82, 2.24) is 15.0 Å². The molecule has 7 N–H and O–H groups in total. The molecular weight excluding hydrogens is 490 g/mol. The van der Waals surface area contributed by atoms with Crippen LogP contribution in [0.4, 0.5) is 11.4 Å². The SMILES string of the molecule is CC(N)C1CCC(C(=O)Nc2ccnc3[nH]ccc23)CC1.CC(N)C1CCC(C(=O)Nc2ccncc2)CC1. The minimum Gasteiger partial charge on any atom is -0.346 e. The van der Waals surface area contributed by atoms with E-state index in [1.807, 2.05) is 30.5 Å². The van der Waals surface area contributed by atoms with Crippen molar-refractivity contribution < 1.29 is 9.59 Å². The number of anilines is 2. The van der Waals surface area contributed by atoms with E-state index in [1.165, 1.54) is 0 Å². The number of hydrogen-bond acceptors (Lipinski definition) is 6. The second kappa shape index (κ2) is 13.7. The molecule has 0 radical (unpaired) electrons. The molecule has 2 unspecified atom stereocenters. The van der Waals surface area contributed by atoms with Crippen molar-refractivity contribution in [1.29, 1.82) is 0 Å². The third-order valence-corrected chi connectivity index (χ3v) is 8.44. The number of nitrogens with one attached hydrogen (secondary N) is 3. The van der Waals surface area contributed by atoms with Crippen LogP contribution in [-0.4, -0.2) is 38.8 Å². The first-order valence-corrected chi connectivity index (χ1v) is 14.3. The van der Waals surface area contributed by atoms with E-state index in [9.17, 15) is 9.59 Å². The van der Waals surface area contributed by atoms with Crippen LogP contribution in [-0.2, 0) is 9.59 Å². The van der Waals surface area contributed by atoms with Crippen molar-refractivity contribution in [3.63, 3.8) is 0 Å². The van der Waals surface area contributed by atoms with Gasteiger partial charge in [-0.25, -0.2) is 4.98 Å². The largest absolute Gasteiger partial charge is 0.346 e. The normalized spacial score (nSPS) is 24.6. The van der Waals surface area contributed by atoms with Crippen molar-refractivity contribution in [2.24, 2.45) is 35.1 Å². The smallest absolute Gasteiger partial charge is 0.227 e. The Hall–Kier alpha value is -3.30. The fraction of sp³-hybridized carbons (Fsp3) is 0.533. The van der Waals surface area contributed by atoms with Gasteiger partial charge in [-0.1, -0.05) is 0 Å². The summed E-state index contributed by atoms with van der Waals surface area (Å²) in [5.41, 5.74) is 14.3. The Bertz CT molecular complexity index is 1190. The number of pyridine rings is 2. The molecule has 9 nitrogen and oxygen atoms in total.